The Bertz CT molecular complexity index is 1330. The van der Waals surface area contributed by atoms with Crippen LogP contribution < -0.4 is 24.3 Å². The van der Waals surface area contributed by atoms with Gasteiger partial charge in [-0.3, -0.25) is 4.79 Å². The monoisotopic (exact) mass is 532 g/mol. The van der Waals surface area contributed by atoms with Crippen LogP contribution in [0.1, 0.15) is 24.2 Å². The third-order valence-corrected chi connectivity index (χ3v) is 7.56. The number of hydrogen-bond acceptors (Lipinski definition) is 7. The van der Waals surface area contributed by atoms with Crippen LogP contribution in [-0.4, -0.2) is 53.0 Å². The molecule has 0 aliphatic carbocycles. The molecule has 0 fully saturated rings. The average Bonchev–Trinajstić information content (AvgIpc) is 2.90. The first-order valence-corrected chi connectivity index (χ1v) is 12.8. The molecule has 1 N–H and O–H groups in total. The van der Waals surface area contributed by atoms with Crippen molar-refractivity contribution in [3.8, 4) is 28.7 Å². The van der Waals surface area contributed by atoms with Crippen LogP contribution in [0.3, 0.4) is 0 Å². The molecule has 3 rings (SSSR count). The summed E-state index contributed by atoms with van der Waals surface area (Å²) in [5, 5.41) is 2.71. The predicted octanol–water partition coefficient (Wildman–Crippen LogP) is 4.93. The lowest BCUT2D eigenvalue weighted by Crippen LogP contribution is -2.30. The minimum Gasteiger partial charge on any atom is -0.493 e. The van der Waals surface area contributed by atoms with Gasteiger partial charge in [0.25, 0.3) is 5.91 Å². The van der Waals surface area contributed by atoms with Gasteiger partial charge in [0, 0.05) is 18.7 Å². The number of nitrogens with one attached hydrogen (secondary N) is 1. The van der Waals surface area contributed by atoms with Crippen LogP contribution in [0, 0.1) is 5.82 Å². The quantitative estimate of drug-likeness (QED) is 0.374. The summed E-state index contributed by atoms with van der Waals surface area (Å²) in [4.78, 5) is 13.3. The Kier molecular flexibility index (Phi) is 8.95. The van der Waals surface area contributed by atoms with E-state index in [2.05, 4.69) is 5.32 Å². The molecule has 0 radical (unpaired) electrons. The van der Waals surface area contributed by atoms with Crippen LogP contribution in [0.15, 0.2) is 59.5 Å². The summed E-state index contributed by atoms with van der Waals surface area (Å²) >= 11 is 0. The highest BCUT2D eigenvalue weighted by molar-refractivity contribution is 7.89. The predicted molar refractivity (Wildman–Crippen MR) is 137 cm³/mol. The number of ether oxygens (including phenoxy) is 4. The summed E-state index contributed by atoms with van der Waals surface area (Å²) in [7, 11) is 0.468. The second-order valence-electron chi connectivity index (χ2n) is 7.67. The molecular formula is C26H29FN2O7S. The van der Waals surface area contributed by atoms with Gasteiger partial charge in [-0.15, -0.1) is 0 Å². The lowest BCUT2D eigenvalue weighted by Gasteiger charge is -2.20. The van der Waals surface area contributed by atoms with Crippen molar-refractivity contribution in [3.05, 3.63) is 66.0 Å². The van der Waals surface area contributed by atoms with E-state index in [-0.39, 0.29) is 46.5 Å². The van der Waals surface area contributed by atoms with Crippen LogP contribution in [0.4, 0.5) is 10.1 Å². The SMILES string of the molecule is CCN(CC)S(=O)(=O)c1ccc(Oc2ccc(F)cc2)c(NC(=O)c2cc(OC)c(OC)c(OC)c2)c1. The van der Waals surface area contributed by atoms with Gasteiger partial charge >= 0.3 is 0 Å². The van der Waals surface area contributed by atoms with E-state index in [4.69, 9.17) is 18.9 Å². The summed E-state index contributed by atoms with van der Waals surface area (Å²) in [6.07, 6.45) is 0. The molecule has 0 unspecified atom stereocenters. The lowest BCUT2D eigenvalue weighted by atomic mass is 10.1. The van der Waals surface area contributed by atoms with E-state index in [1.54, 1.807) is 13.8 Å². The zero-order valence-electron chi connectivity index (χ0n) is 21.2. The zero-order chi connectivity index (χ0) is 27.2. The number of carbonyl (C=O) groups is 1. The van der Waals surface area contributed by atoms with Crippen molar-refractivity contribution in [1.29, 1.82) is 0 Å². The lowest BCUT2D eigenvalue weighted by molar-refractivity contribution is 0.102. The van der Waals surface area contributed by atoms with Crippen molar-refractivity contribution in [1.82, 2.24) is 4.31 Å². The number of rotatable bonds is 11. The Labute approximate surface area is 215 Å². The molecule has 198 valence electrons. The van der Waals surface area contributed by atoms with Crippen LogP contribution in [0.2, 0.25) is 0 Å². The topological polar surface area (TPSA) is 103 Å². The van der Waals surface area contributed by atoms with Crippen molar-refractivity contribution < 1.29 is 36.6 Å². The molecule has 0 heterocycles. The fourth-order valence-electron chi connectivity index (χ4n) is 3.61. The van der Waals surface area contributed by atoms with E-state index in [0.29, 0.717) is 11.5 Å². The molecule has 0 saturated carbocycles. The van der Waals surface area contributed by atoms with E-state index >= 15 is 0 Å². The highest BCUT2D eigenvalue weighted by Gasteiger charge is 2.24. The smallest absolute Gasteiger partial charge is 0.256 e. The summed E-state index contributed by atoms with van der Waals surface area (Å²) < 4.78 is 62.7. The van der Waals surface area contributed by atoms with E-state index in [0.717, 1.165) is 0 Å². The maximum atomic E-state index is 13.4. The number of halogens is 1. The van der Waals surface area contributed by atoms with Gasteiger partial charge in [0.15, 0.2) is 17.2 Å². The molecular weight excluding hydrogens is 503 g/mol. The number of sulfonamides is 1. The second-order valence-corrected chi connectivity index (χ2v) is 9.61. The molecule has 3 aromatic carbocycles. The fraction of sp³-hybridized carbons (Fsp3) is 0.269. The van der Waals surface area contributed by atoms with E-state index in [1.807, 2.05) is 0 Å². The van der Waals surface area contributed by atoms with Gasteiger partial charge in [0.05, 0.1) is 31.9 Å². The third kappa shape index (κ3) is 6.12. The summed E-state index contributed by atoms with van der Waals surface area (Å²) in [5.41, 5.74) is 0.260. The number of anilines is 1. The van der Waals surface area contributed by atoms with Crippen LogP contribution in [0.25, 0.3) is 0 Å². The largest absolute Gasteiger partial charge is 0.493 e. The number of benzene rings is 3. The number of hydrogen-bond donors (Lipinski definition) is 1. The molecule has 0 bridgehead atoms. The first-order chi connectivity index (χ1) is 17.7. The van der Waals surface area contributed by atoms with E-state index in [9.17, 15) is 17.6 Å². The van der Waals surface area contributed by atoms with Gasteiger partial charge < -0.3 is 24.3 Å². The number of carbonyl (C=O) groups excluding carboxylic acids is 1. The summed E-state index contributed by atoms with van der Waals surface area (Å²) in [6, 6.07) is 12.4. The molecule has 0 spiro atoms. The minimum absolute atomic E-state index is 0.0251. The maximum Gasteiger partial charge on any atom is 0.256 e. The minimum atomic E-state index is -3.83. The first-order valence-electron chi connectivity index (χ1n) is 11.4. The molecule has 0 saturated heterocycles. The maximum absolute atomic E-state index is 13.4. The molecule has 1 amide bonds. The highest BCUT2D eigenvalue weighted by atomic mass is 32.2. The standard InChI is InChI=1S/C26H29FN2O7S/c1-6-29(7-2)37(31,32)20-12-13-22(36-19-10-8-18(27)9-11-19)21(16-20)28-26(30)17-14-23(33-3)25(35-5)24(15-17)34-4/h8-16H,6-7H2,1-5H3,(H,28,30). The highest BCUT2D eigenvalue weighted by Crippen LogP contribution is 2.39. The number of methoxy groups -OCH3 is 3. The van der Waals surface area contributed by atoms with Gasteiger partial charge in [0.2, 0.25) is 15.8 Å². The third-order valence-electron chi connectivity index (χ3n) is 5.51. The van der Waals surface area contributed by atoms with Gasteiger partial charge in [0.1, 0.15) is 11.6 Å². The molecule has 11 heteroatoms. The van der Waals surface area contributed by atoms with E-state index in [1.165, 1.54) is 80.2 Å². The Morgan fingerprint density at radius 3 is 1.97 bits per heavy atom. The van der Waals surface area contributed by atoms with Crippen LogP contribution >= 0.6 is 0 Å². The normalized spacial score (nSPS) is 11.2. The van der Waals surface area contributed by atoms with Crippen LogP contribution in [0.5, 0.6) is 28.7 Å². The Morgan fingerprint density at radius 2 is 1.46 bits per heavy atom. The van der Waals surface area contributed by atoms with E-state index < -0.39 is 21.7 Å². The van der Waals surface area contributed by atoms with Gasteiger partial charge in [-0.1, -0.05) is 13.8 Å². The number of nitrogens with zero attached hydrogens (tertiary/aromatic N) is 1. The molecule has 0 aliphatic heterocycles. The van der Waals surface area contributed by atoms with Gasteiger partial charge in [-0.25, -0.2) is 12.8 Å². The summed E-state index contributed by atoms with van der Waals surface area (Å²) in [6.45, 7) is 4.03. The Morgan fingerprint density at radius 1 is 0.865 bits per heavy atom. The van der Waals surface area contributed by atoms with Gasteiger partial charge in [-0.05, 0) is 54.6 Å². The van der Waals surface area contributed by atoms with Gasteiger partial charge in [-0.2, -0.15) is 4.31 Å². The second kappa shape index (κ2) is 11.9. The van der Waals surface area contributed by atoms with Crippen molar-refractivity contribution in [2.45, 2.75) is 18.7 Å². The molecule has 9 nitrogen and oxygen atoms in total. The molecule has 0 atom stereocenters. The van der Waals surface area contributed by atoms with Crippen molar-refractivity contribution in [2.75, 3.05) is 39.7 Å². The molecule has 37 heavy (non-hydrogen) atoms. The zero-order valence-corrected chi connectivity index (χ0v) is 22.0. The molecule has 0 aliphatic rings. The first kappa shape index (κ1) is 27.8. The summed E-state index contributed by atoms with van der Waals surface area (Å²) in [5.74, 6) is 0.286. The fourth-order valence-corrected chi connectivity index (χ4v) is 5.09. The Hall–Kier alpha value is -3.83. The molecule has 3 aromatic rings. The number of amides is 1. The van der Waals surface area contributed by atoms with Crippen LogP contribution in [-0.2, 0) is 10.0 Å². The Balaban J connectivity index is 2.07. The van der Waals surface area contributed by atoms with Crippen molar-refractivity contribution >= 4 is 21.6 Å². The average molecular weight is 533 g/mol. The van der Waals surface area contributed by atoms with Crippen molar-refractivity contribution in [3.63, 3.8) is 0 Å². The van der Waals surface area contributed by atoms with Crippen molar-refractivity contribution in [2.24, 2.45) is 0 Å². The molecule has 0 aromatic heterocycles.